The van der Waals surface area contributed by atoms with Crippen LogP contribution in [0, 0.1) is 5.82 Å². The Labute approximate surface area is 256 Å². The summed E-state index contributed by atoms with van der Waals surface area (Å²) in [5, 5.41) is 15.8. The minimum absolute atomic E-state index is 0.0148. The Kier molecular flexibility index (Phi) is 9.15. The number of carbonyl (C=O) groups is 3. The number of phenols is 1. The number of benzene rings is 3. The van der Waals surface area contributed by atoms with Gasteiger partial charge < -0.3 is 25.1 Å². The number of fused-ring (bicyclic) bond motifs is 1. The van der Waals surface area contributed by atoms with E-state index >= 15 is 4.39 Å². The van der Waals surface area contributed by atoms with Crippen LogP contribution < -0.4 is 10.2 Å². The van der Waals surface area contributed by atoms with E-state index < -0.39 is 24.1 Å². The van der Waals surface area contributed by atoms with E-state index in [-0.39, 0.29) is 56.7 Å². The molecule has 0 bridgehead atoms. The maximum atomic E-state index is 15.2. The first-order valence-electron chi connectivity index (χ1n) is 14.5. The zero-order valence-electron chi connectivity index (χ0n) is 24.9. The molecule has 2 atom stereocenters. The molecule has 44 heavy (non-hydrogen) atoms. The molecule has 0 saturated carbocycles. The van der Waals surface area contributed by atoms with Crippen LogP contribution in [0.2, 0.25) is 0 Å². The van der Waals surface area contributed by atoms with Crippen molar-refractivity contribution in [3.8, 4) is 5.75 Å². The van der Waals surface area contributed by atoms with Gasteiger partial charge in [0.25, 0.3) is 0 Å². The van der Waals surface area contributed by atoms with Crippen LogP contribution in [0.15, 0.2) is 85.5 Å². The zero-order valence-corrected chi connectivity index (χ0v) is 24.9. The Morgan fingerprint density at radius 3 is 2.45 bits per heavy atom. The number of amides is 4. The van der Waals surface area contributed by atoms with Crippen LogP contribution in [0.5, 0.6) is 5.75 Å². The van der Waals surface area contributed by atoms with Crippen molar-refractivity contribution in [1.29, 1.82) is 0 Å². The molecule has 0 aromatic heterocycles. The van der Waals surface area contributed by atoms with E-state index in [0.29, 0.717) is 11.3 Å². The molecule has 0 spiro atoms. The Balaban J connectivity index is 1.48. The number of halogens is 1. The third kappa shape index (κ3) is 6.37. The van der Waals surface area contributed by atoms with Gasteiger partial charge in [-0.15, -0.1) is 6.58 Å². The predicted octanol–water partition coefficient (Wildman–Crippen LogP) is 3.33. The van der Waals surface area contributed by atoms with Gasteiger partial charge in [0.1, 0.15) is 23.8 Å². The summed E-state index contributed by atoms with van der Waals surface area (Å²) in [7, 11) is 3.62. The summed E-state index contributed by atoms with van der Waals surface area (Å²) < 4.78 is 15.2. The number of hydrogen-bond acceptors (Lipinski definition) is 6. The molecule has 0 radical (unpaired) electrons. The standard InChI is InChI=1S/C33H37FN6O4/c1-4-17-38(33(44)35-19-24-9-6-5-7-10-24)39-22-31(42)40-29(18-23-13-15-25(41)16-14-23)32(43)37(21-30(39)40)20-26-27(34)11-8-12-28(26)36(2)3/h4-16,29-30,41H,1,17-22H2,2-3H3,(H,35,44)/t29-,30+/m0/s1. The molecule has 5 rings (SSSR count). The van der Waals surface area contributed by atoms with Gasteiger partial charge in [-0.2, -0.15) is 5.01 Å². The summed E-state index contributed by atoms with van der Waals surface area (Å²) in [6.07, 6.45) is 1.09. The minimum Gasteiger partial charge on any atom is -0.508 e. The normalized spacial score (nSPS) is 18.2. The number of hydrazine groups is 1. The lowest BCUT2D eigenvalue weighted by Gasteiger charge is -2.46. The topological polar surface area (TPSA) is 99.7 Å². The van der Waals surface area contributed by atoms with Gasteiger partial charge in [-0.3, -0.25) is 14.6 Å². The third-order valence-corrected chi connectivity index (χ3v) is 7.99. The van der Waals surface area contributed by atoms with Crippen molar-refractivity contribution in [2.24, 2.45) is 0 Å². The molecule has 2 fully saturated rings. The van der Waals surface area contributed by atoms with Crippen LogP contribution >= 0.6 is 0 Å². The molecule has 0 unspecified atom stereocenters. The summed E-state index contributed by atoms with van der Waals surface area (Å²) in [4.78, 5) is 46.1. The number of hydrogen-bond donors (Lipinski definition) is 2. The smallest absolute Gasteiger partial charge is 0.332 e. The lowest BCUT2D eigenvalue weighted by Crippen LogP contribution is -2.66. The van der Waals surface area contributed by atoms with Gasteiger partial charge in [0, 0.05) is 38.3 Å². The monoisotopic (exact) mass is 600 g/mol. The second-order valence-corrected chi connectivity index (χ2v) is 11.1. The summed E-state index contributed by atoms with van der Waals surface area (Å²) in [6, 6.07) is 19.4. The van der Waals surface area contributed by atoms with Gasteiger partial charge in [-0.25, -0.2) is 9.18 Å². The molecule has 11 heteroatoms. The highest BCUT2D eigenvalue weighted by Gasteiger charge is 2.52. The molecule has 2 heterocycles. The van der Waals surface area contributed by atoms with Gasteiger partial charge >= 0.3 is 6.03 Å². The molecule has 2 N–H and O–H groups in total. The first kappa shape index (κ1) is 30.6. The number of rotatable bonds is 10. The van der Waals surface area contributed by atoms with Gasteiger partial charge in [0.15, 0.2) is 0 Å². The second-order valence-electron chi connectivity index (χ2n) is 11.1. The number of nitrogens with one attached hydrogen (secondary N) is 1. The number of piperazine rings is 1. The summed E-state index contributed by atoms with van der Waals surface area (Å²) in [5.74, 6) is -0.962. The quantitative estimate of drug-likeness (QED) is 0.347. The molecule has 2 aliphatic heterocycles. The molecule has 2 saturated heterocycles. The largest absolute Gasteiger partial charge is 0.508 e. The fourth-order valence-corrected chi connectivity index (χ4v) is 5.85. The maximum Gasteiger partial charge on any atom is 0.332 e. The lowest BCUT2D eigenvalue weighted by molar-refractivity contribution is -0.157. The van der Waals surface area contributed by atoms with Crippen LogP contribution in [0.4, 0.5) is 14.9 Å². The molecule has 3 aromatic carbocycles. The van der Waals surface area contributed by atoms with E-state index in [1.165, 1.54) is 23.2 Å². The maximum absolute atomic E-state index is 15.2. The summed E-state index contributed by atoms with van der Waals surface area (Å²) in [5.41, 5.74) is 2.67. The van der Waals surface area contributed by atoms with E-state index in [4.69, 9.17) is 0 Å². The van der Waals surface area contributed by atoms with Gasteiger partial charge in [-0.1, -0.05) is 54.6 Å². The molecule has 2 aliphatic rings. The highest BCUT2D eigenvalue weighted by Crippen LogP contribution is 2.32. The van der Waals surface area contributed by atoms with Crippen molar-refractivity contribution in [3.05, 3.63) is 108 Å². The molecular formula is C33H37FN6O4. The first-order chi connectivity index (χ1) is 21.2. The summed E-state index contributed by atoms with van der Waals surface area (Å²) >= 11 is 0. The fraction of sp³-hybridized carbons (Fsp3) is 0.303. The Bertz CT molecular complexity index is 1520. The number of nitrogens with zero attached hydrogens (tertiary/aromatic N) is 5. The van der Waals surface area contributed by atoms with Crippen LogP contribution in [0.3, 0.4) is 0 Å². The van der Waals surface area contributed by atoms with Crippen molar-refractivity contribution in [2.75, 3.05) is 38.6 Å². The van der Waals surface area contributed by atoms with E-state index in [2.05, 4.69) is 11.9 Å². The third-order valence-electron chi connectivity index (χ3n) is 7.99. The second kappa shape index (κ2) is 13.2. The molecule has 3 aromatic rings. The van der Waals surface area contributed by atoms with Crippen molar-refractivity contribution < 1.29 is 23.9 Å². The number of carbonyl (C=O) groups excluding carboxylic acids is 3. The molecule has 4 amide bonds. The van der Waals surface area contributed by atoms with Crippen LogP contribution in [-0.2, 0) is 29.1 Å². The van der Waals surface area contributed by atoms with Crippen molar-refractivity contribution in [2.45, 2.75) is 31.7 Å². The lowest BCUT2D eigenvalue weighted by atomic mass is 9.99. The van der Waals surface area contributed by atoms with Crippen LogP contribution in [0.1, 0.15) is 16.7 Å². The van der Waals surface area contributed by atoms with E-state index in [1.54, 1.807) is 50.1 Å². The Morgan fingerprint density at radius 2 is 1.77 bits per heavy atom. The fourth-order valence-electron chi connectivity index (χ4n) is 5.85. The van der Waals surface area contributed by atoms with Gasteiger partial charge in [-0.05, 0) is 35.4 Å². The Morgan fingerprint density at radius 1 is 1.05 bits per heavy atom. The summed E-state index contributed by atoms with van der Waals surface area (Å²) in [6.45, 7) is 4.17. The number of anilines is 1. The van der Waals surface area contributed by atoms with Crippen LogP contribution in [-0.4, -0.2) is 88.7 Å². The van der Waals surface area contributed by atoms with Gasteiger partial charge in [0.2, 0.25) is 11.8 Å². The average Bonchev–Trinajstić information content (AvgIpc) is 3.34. The van der Waals surface area contributed by atoms with Crippen molar-refractivity contribution in [1.82, 2.24) is 25.1 Å². The predicted molar refractivity (Wildman–Crippen MR) is 165 cm³/mol. The van der Waals surface area contributed by atoms with E-state index in [0.717, 1.165) is 11.1 Å². The van der Waals surface area contributed by atoms with Crippen molar-refractivity contribution >= 4 is 23.5 Å². The number of urea groups is 1. The van der Waals surface area contributed by atoms with Crippen molar-refractivity contribution in [3.63, 3.8) is 0 Å². The number of aromatic hydroxyl groups is 1. The average molecular weight is 601 g/mol. The first-order valence-corrected chi connectivity index (χ1v) is 14.5. The molecular weight excluding hydrogens is 563 g/mol. The van der Waals surface area contributed by atoms with Gasteiger partial charge in [0.05, 0.1) is 26.2 Å². The Hall–Kier alpha value is -4.90. The molecule has 10 nitrogen and oxygen atoms in total. The minimum atomic E-state index is -0.900. The highest BCUT2D eigenvalue weighted by atomic mass is 19.1. The van der Waals surface area contributed by atoms with E-state index in [9.17, 15) is 19.5 Å². The molecule has 230 valence electrons. The van der Waals surface area contributed by atoms with Crippen LogP contribution in [0.25, 0.3) is 0 Å². The zero-order chi connectivity index (χ0) is 31.4. The number of phenolic OH excluding ortho intramolecular Hbond substituents is 1. The highest BCUT2D eigenvalue weighted by molar-refractivity contribution is 5.92. The van der Waals surface area contributed by atoms with E-state index in [1.807, 2.05) is 44.4 Å². The molecule has 0 aliphatic carbocycles. The SMILES string of the molecule is C=CCN(C(=O)NCc1ccccc1)N1CC(=O)N2[C@@H](Cc3ccc(O)cc3)C(=O)N(Cc3c(F)cccc3N(C)C)C[C@@H]21.